The number of carboxylic acids is 1. The van der Waals surface area contributed by atoms with E-state index in [1.54, 1.807) is 0 Å². The predicted octanol–water partition coefficient (Wildman–Crippen LogP) is -0.221. The number of rotatable bonds is 7. The van der Waals surface area contributed by atoms with Crippen LogP contribution in [0.3, 0.4) is 0 Å². The Balaban J connectivity index is 2.96. The van der Waals surface area contributed by atoms with E-state index in [0.29, 0.717) is 0 Å². The molecule has 0 aromatic rings. The lowest BCUT2D eigenvalue weighted by Gasteiger charge is -2.36. The topological polar surface area (TPSA) is 122 Å². The Morgan fingerprint density at radius 3 is 2.57 bits per heavy atom. The molecule has 0 aromatic carbocycles. The second kappa shape index (κ2) is 8.11. The van der Waals surface area contributed by atoms with Crippen molar-refractivity contribution in [2.75, 3.05) is 6.61 Å². The average Bonchev–Trinajstić information content (AvgIpc) is 2.46. The van der Waals surface area contributed by atoms with Crippen molar-refractivity contribution in [2.45, 2.75) is 57.4 Å². The van der Waals surface area contributed by atoms with E-state index in [1.165, 1.54) is 6.08 Å². The smallest absolute Gasteiger partial charge is 0.331 e. The van der Waals surface area contributed by atoms with Crippen molar-refractivity contribution in [2.24, 2.45) is 5.73 Å². The zero-order valence-corrected chi connectivity index (χ0v) is 12.4. The molecule has 0 saturated carbocycles. The van der Waals surface area contributed by atoms with Crippen LogP contribution in [-0.4, -0.2) is 53.0 Å². The van der Waals surface area contributed by atoms with Crippen LogP contribution in [0.2, 0.25) is 0 Å². The maximum Gasteiger partial charge on any atom is 0.331 e. The number of ether oxygens (including phenoxy) is 1. The summed E-state index contributed by atoms with van der Waals surface area (Å²) in [5.74, 6) is -1.59. The Bertz CT molecular complexity index is 406. The number of carbonyl (C=O) groups excluding carboxylic acids is 1. The highest BCUT2D eigenvalue weighted by molar-refractivity contribution is 5.87. The van der Waals surface area contributed by atoms with E-state index in [2.05, 4.69) is 5.32 Å². The van der Waals surface area contributed by atoms with Gasteiger partial charge in [0.15, 0.2) is 0 Å². The quantitative estimate of drug-likeness (QED) is 0.515. The summed E-state index contributed by atoms with van der Waals surface area (Å²) in [6, 6.07) is -1.12. The van der Waals surface area contributed by atoms with Gasteiger partial charge < -0.3 is 26.0 Å². The molecule has 0 fully saturated rings. The highest BCUT2D eigenvalue weighted by Crippen LogP contribution is 2.23. The van der Waals surface area contributed by atoms with E-state index in [0.717, 1.165) is 12.8 Å². The number of aliphatic carboxylic acids is 1. The molecule has 7 heteroatoms. The molecule has 120 valence electrons. The molecule has 0 spiro atoms. The van der Waals surface area contributed by atoms with Crippen molar-refractivity contribution >= 4 is 11.9 Å². The van der Waals surface area contributed by atoms with Gasteiger partial charge in [-0.25, -0.2) is 4.79 Å². The number of aliphatic hydroxyl groups is 1. The number of carbonyl (C=O) groups is 2. The first-order chi connectivity index (χ1) is 9.92. The van der Waals surface area contributed by atoms with Gasteiger partial charge in [-0.3, -0.25) is 4.79 Å². The third-order valence-electron chi connectivity index (χ3n) is 3.64. The molecule has 5 N–H and O–H groups in total. The van der Waals surface area contributed by atoms with Gasteiger partial charge in [0.05, 0.1) is 18.2 Å². The highest BCUT2D eigenvalue weighted by Gasteiger charge is 2.35. The monoisotopic (exact) mass is 300 g/mol. The number of nitrogens with one attached hydrogen (secondary N) is 1. The summed E-state index contributed by atoms with van der Waals surface area (Å²) in [6.45, 7) is 3.30. The van der Waals surface area contributed by atoms with Crippen LogP contribution in [0, 0.1) is 0 Å². The Morgan fingerprint density at radius 2 is 2.10 bits per heavy atom. The number of amides is 1. The molecule has 21 heavy (non-hydrogen) atoms. The van der Waals surface area contributed by atoms with Crippen LogP contribution in [0.15, 0.2) is 11.6 Å². The third kappa shape index (κ3) is 4.80. The molecule has 0 bridgehead atoms. The number of hydrogen-bond donors (Lipinski definition) is 4. The fourth-order valence-corrected chi connectivity index (χ4v) is 2.40. The van der Waals surface area contributed by atoms with Gasteiger partial charge in [-0.15, -0.1) is 0 Å². The molecule has 3 atom stereocenters. The van der Waals surface area contributed by atoms with Gasteiger partial charge in [0.2, 0.25) is 5.91 Å². The van der Waals surface area contributed by atoms with Crippen LogP contribution in [0.1, 0.15) is 33.1 Å². The van der Waals surface area contributed by atoms with E-state index < -0.39 is 36.7 Å². The second-order valence-corrected chi connectivity index (χ2v) is 5.16. The van der Waals surface area contributed by atoms with Crippen LogP contribution >= 0.6 is 0 Å². The number of nitrogens with two attached hydrogens (primary N) is 1. The normalized spacial score (nSPS) is 25.6. The van der Waals surface area contributed by atoms with Gasteiger partial charge in [0, 0.05) is 11.6 Å². The molecule has 7 nitrogen and oxygen atoms in total. The van der Waals surface area contributed by atoms with Crippen LogP contribution in [0.25, 0.3) is 0 Å². The molecule has 0 saturated heterocycles. The number of aliphatic hydroxyl groups excluding tert-OH is 1. The summed E-state index contributed by atoms with van der Waals surface area (Å²) in [5.41, 5.74) is 6.17. The minimum absolute atomic E-state index is 0.0416. The van der Waals surface area contributed by atoms with E-state index in [4.69, 9.17) is 20.7 Å². The first kappa shape index (κ1) is 17.6. The van der Waals surface area contributed by atoms with Gasteiger partial charge in [0.25, 0.3) is 0 Å². The molecule has 0 aliphatic heterocycles. The van der Waals surface area contributed by atoms with Crippen LogP contribution < -0.4 is 11.1 Å². The number of hydrogen-bond acceptors (Lipinski definition) is 5. The van der Waals surface area contributed by atoms with Crippen molar-refractivity contribution in [3.63, 3.8) is 0 Å². The predicted molar refractivity (Wildman–Crippen MR) is 76.6 cm³/mol. The van der Waals surface area contributed by atoms with Gasteiger partial charge in [-0.2, -0.15) is 0 Å². The van der Waals surface area contributed by atoms with Gasteiger partial charge in [-0.1, -0.05) is 13.8 Å². The Labute approximate surface area is 124 Å². The Morgan fingerprint density at radius 1 is 1.48 bits per heavy atom. The SMILES string of the molecule is CCC(CC)O[C@@H]1C=C(C(=O)O)C[C@H](N)[C@H]1NC(=O)CO. The van der Waals surface area contributed by atoms with Crippen molar-refractivity contribution in [1.82, 2.24) is 5.32 Å². The maximum atomic E-state index is 11.4. The summed E-state index contributed by atoms with van der Waals surface area (Å²) in [6.07, 6.45) is 2.56. The third-order valence-corrected chi connectivity index (χ3v) is 3.64. The lowest BCUT2D eigenvalue weighted by atomic mass is 9.88. The van der Waals surface area contributed by atoms with Crippen molar-refractivity contribution in [1.29, 1.82) is 0 Å². The summed E-state index contributed by atoms with van der Waals surface area (Å²) < 4.78 is 5.88. The minimum Gasteiger partial charge on any atom is -0.478 e. The highest BCUT2D eigenvalue weighted by atomic mass is 16.5. The standard InChI is InChI=1S/C14H24N2O5/c1-3-9(4-2)21-11-6-8(14(19)20)5-10(15)13(11)16-12(18)7-17/h6,9-11,13,17H,3-5,7,15H2,1-2H3,(H,16,18)(H,19,20)/t10-,11+,13+/m0/s1. The fraction of sp³-hybridized carbons (Fsp3) is 0.714. The minimum atomic E-state index is -1.03. The van der Waals surface area contributed by atoms with E-state index in [9.17, 15) is 9.59 Å². The zero-order valence-electron chi connectivity index (χ0n) is 12.4. The van der Waals surface area contributed by atoms with Gasteiger partial charge >= 0.3 is 5.97 Å². The average molecular weight is 300 g/mol. The molecular formula is C14H24N2O5. The Kier molecular flexibility index (Phi) is 6.80. The molecule has 1 rings (SSSR count). The number of carboxylic acid groups (broad SMARTS) is 1. The summed E-state index contributed by atoms with van der Waals surface area (Å²) in [5, 5.41) is 20.6. The molecule has 1 aliphatic rings. The molecule has 1 amide bonds. The van der Waals surface area contributed by atoms with Crippen LogP contribution in [0.5, 0.6) is 0 Å². The first-order valence-corrected chi connectivity index (χ1v) is 7.18. The molecule has 0 unspecified atom stereocenters. The lowest BCUT2D eigenvalue weighted by Crippen LogP contribution is -2.57. The van der Waals surface area contributed by atoms with Crippen LogP contribution in [-0.2, 0) is 14.3 Å². The molecule has 0 radical (unpaired) electrons. The fourth-order valence-electron chi connectivity index (χ4n) is 2.40. The second-order valence-electron chi connectivity index (χ2n) is 5.16. The summed E-state index contributed by atoms with van der Waals surface area (Å²) in [7, 11) is 0. The molecule has 0 aromatic heterocycles. The van der Waals surface area contributed by atoms with Crippen LogP contribution in [0.4, 0.5) is 0 Å². The first-order valence-electron chi connectivity index (χ1n) is 7.18. The van der Waals surface area contributed by atoms with Crippen molar-refractivity contribution < 1.29 is 24.5 Å². The van der Waals surface area contributed by atoms with Gasteiger partial charge in [-0.05, 0) is 25.3 Å². The zero-order chi connectivity index (χ0) is 16.0. The molecular weight excluding hydrogens is 276 g/mol. The summed E-state index contributed by atoms with van der Waals surface area (Å²) >= 11 is 0. The van der Waals surface area contributed by atoms with E-state index >= 15 is 0 Å². The van der Waals surface area contributed by atoms with E-state index in [1.807, 2.05) is 13.8 Å². The van der Waals surface area contributed by atoms with Crippen molar-refractivity contribution in [3.05, 3.63) is 11.6 Å². The van der Waals surface area contributed by atoms with Crippen molar-refractivity contribution in [3.8, 4) is 0 Å². The lowest BCUT2D eigenvalue weighted by molar-refractivity contribution is -0.133. The van der Waals surface area contributed by atoms with Gasteiger partial charge in [0.1, 0.15) is 6.61 Å². The molecule has 0 heterocycles. The summed E-state index contributed by atoms with van der Waals surface area (Å²) in [4.78, 5) is 22.6. The van der Waals surface area contributed by atoms with E-state index in [-0.39, 0.29) is 18.1 Å². The Hall–Kier alpha value is -1.44. The largest absolute Gasteiger partial charge is 0.478 e. The molecule has 1 aliphatic carbocycles. The maximum absolute atomic E-state index is 11.4.